The molecule has 6 rings (SSSR count). The topological polar surface area (TPSA) is 96.2 Å². The number of benzene rings is 2. The summed E-state index contributed by atoms with van der Waals surface area (Å²) < 4.78 is 27.0. The minimum atomic E-state index is -0.505. The highest BCUT2D eigenvalue weighted by Gasteiger charge is 2.20. The molecular formula is C32H27FN4O4. The number of carbonyl (C=O) groups is 1. The molecule has 206 valence electrons. The van der Waals surface area contributed by atoms with Gasteiger partial charge in [0.2, 0.25) is 5.43 Å². The number of hydrogen-bond donors (Lipinski definition) is 0. The standard InChI is InChI=1S/C32H27FN4O4/c1-19(2)37-18-26(20-5-7-22(33)8-6-20)32(39)31(36-37)28(38)15-23-9-10-24(17-35-23)41-29-11-12-34-27-14-21-4-3-13-40-30(21)16-25(27)29/h5-12,14,16-19H,3-4,13,15H2,1-2H3. The second-order valence-corrected chi connectivity index (χ2v) is 10.2. The Balaban J connectivity index is 1.24. The molecule has 41 heavy (non-hydrogen) atoms. The summed E-state index contributed by atoms with van der Waals surface area (Å²) in [7, 11) is 0. The van der Waals surface area contributed by atoms with Crippen LogP contribution >= 0.6 is 0 Å². The first-order chi connectivity index (χ1) is 19.9. The third-order valence-corrected chi connectivity index (χ3v) is 6.98. The molecule has 0 unspecified atom stereocenters. The van der Waals surface area contributed by atoms with Crippen LogP contribution in [0.2, 0.25) is 0 Å². The Morgan fingerprint density at radius 1 is 1.10 bits per heavy atom. The molecule has 9 heteroatoms. The van der Waals surface area contributed by atoms with Gasteiger partial charge in [0.15, 0.2) is 11.5 Å². The Morgan fingerprint density at radius 2 is 1.93 bits per heavy atom. The van der Waals surface area contributed by atoms with Crippen molar-refractivity contribution < 1.29 is 18.7 Å². The van der Waals surface area contributed by atoms with Crippen molar-refractivity contribution in [2.45, 2.75) is 39.2 Å². The minimum Gasteiger partial charge on any atom is -0.493 e. The zero-order chi connectivity index (χ0) is 28.5. The minimum absolute atomic E-state index is 0.0998. The Hall–Kier alpha value is -4.92. The van der Waals surface area contributed by atoms with Gasteiger partial charge in [-0.25, -0.2) is 4.39 Å². The maximum absolute atomic E-state index is 13.5. The summed E-state index contributed by atoms with van der Waals surface area (Å²) in [5.74, 6) is 1.09. The SMILES string of the molecule is CC(C)n1cc(-c2ccc(F)cc2)c(=O)c(C(=O)Cc2ccc(Oc3ccnc4cc5c(cc34)OCCC5)cn2)n1. The fourth-order valence-corrected chi connectivity index (χ4v) is 4.80. The Bertz CT molecular complexity index is 1820. The maximum Gasteiger partial charge on any atom is 0.219 e. The molecule has 0 N–H and O–H groups in total. The number of rotatable bonds is 7. The first-order valence-corrected chi connectivity index (χ1v) is 13.5. The van der Waals surface area contributed by atoms with Gasteiger partial charge in [0.05, 0.1) is 24.7 Å². The number of aromatic nitrogens is 4. The molecule has 0 amide bonds. The summed E-state index contributed by atoms with van der Waals surface area (Å²) in [6.45, 7) is 4.48. The van der Waals surface area contributed by atoms with Gasteiger partial charge in [0, 0.05) is 35.1 Å². The largest absolute Gasteiger partial charge is 0.493 e. The number of nitrogens with zero attached hydrogens (tertiary/aromatic N) is 4. The second kappa shape index (κ2) is 10.9. The fourth-order valence-electron chi connectivity index (χ4n) is 4.80. The van der Waals surface area contributed by atoms with Crippen LogP contribution < -0.4 is 14.9 Å². The summed E-state index contributed by atoms with van der Waals surface area (Å²) in [6.07, 6.45) is 6.66. The summed E-state index contributed by atoms with van der Waals surface area (Å²) in [5, 5.41) is 5.15. The molecule has 8 nitrogen and oxygen atoms in total. The van der Waals surface area contributed by atoms with Crippen LogP contribution in [-0.4, -0.2) is 32.1 Å². The van der Waals surface area contributed by atoms with E-state index in [2.05, 4.69) is 15.1 Å². The van der Waals surface area contributed by atoms with E-state index in [9.17, 15) is 14.0 Å². The molecule has 0 aliphatic carbocycles. The van der Waals surface area contributed by atoms with Crippen LogP contribution in [-0.2, 0) is 12.8 Å². The van der Waals surface area contributed by atoms with Gasteiger partial charge in [0.1, 0.15) is 23.1 Å². The lowest BCUT2D eigenvalue weighted by Gasteiger charge is -2.18. The number of fused-ring (bicyclic) bond motifs is 2. The van der Waals surface area contributed by atoms with Gasteiger partial charge in [-0.3, -0.25) is 24.2 Å². The van der Waals surface area contributed by atoms with E-state index in [0.717, 1.165) is 35.1 Å². The molecule has 2 aromatic carbocycles. The maximum atomic E-state index is 13.5. The first kappa shape index (κ1) is 26.3. The normalized spacial score (nSPS) is 12.7. The molecule has 0 fully saturated rings. The highest BCUT2D eigenvalue weighted by Crippen LogP contribution is 2.35. The quantitative estimate of drug-likeness (QED) is 0.225. The molecule has 1 aliphatic heterocycles. The van der Waals surface area contributed by atoms with E-state index < -0.39 is 17.0 Å². The molecule has 0 saturated heterocycles. The van der Waals surface area contributed by atoms with Crippen LogP contribution in [0.25, 0.3) is 22.0 Å². The fraction of sp³-hybridized carbons (Fsp3) is 0.219. The number of pyridine rings is 2. The molecule has 1 aliphatic rings. The summed E-state index contributed by atoms with van der Waals surface area (Å²) in [4.78, 5) is 35.4. The molecule has 0 bridgehead atoms. The van der Waals surface area contributed by atoms with Gasteiger partial charge in [-0.05, 0) is 80.3 Å². The summed E-state index contributed by atoms with van der Waals surface area (Å²) >= 11 is 0. The number of ether oxygens (including phenoxy) is 2. The monoisotopic (exact) mass is 550 g/mol. The third kappa shape index (κ3) is 5.43. The van der Waals surface area contributed by atoms with Crippen LogP contribution in [0.4, 0.5) is 4.39 Å². The first-order valence-electron chi connectivity index (χ1n) is 13.5. The predicted octanol–water partition coefficient (Wildman–Crippen LogP) is 6.12. The van der Waals surface area contributed by atoms with E-state index in [4.69, 9.17) is 9.47 Å². The number of halogens is 1. The molecular weight excluding hydrogens is 523 g/mol. The summed E-state index contributed by atoms with van der Waals surface area (Å²) in [5.41, 5.74) is 2.54. The van der Waals surface area contributed by atoms with E-state index in [-0.39, 0.29) is 23.7 Å². The number of Topliss-reactive ketones (excluding diaryl/α,β-unsaturated/α-hetero) is 1. The zero-order valence-corrected chi connectivity index (χ0v) is 22.6. The Morgan fingerprint density at radius 3 is 2.68 bits per heavy atom. The van der Waals surface area contributed by atoms with Crippen LogP contribution in [0.3, 0.4) is 0 Å². The molecule has 0 spiro atoms. The number of aryl methyl sites for hydroxylation is 1. The van der Waals surface area contributed by atoms with Gasteiger partial charge >= 0.3 is 0 Å². The average Bonchev–Trinajstić information content (AvgIpc) is 2.98. The van der Waals surface area contributed by atoms with Gasteiger partial charge in [0.25, 0.3) is 0 Å². The third-order valence-electron chi connectivity index (χ3n) is 6.98. The lowest BCUT2D eigenvalue weighted by Crippen LogP contribution is -2.25. The Labute approximate surface area is 235 Å². The van der Waals surface area contributed by atoms with Crippen molar-refractivity contribution in [3.05, 3.63) is 106 Å². The van der Waals surface area contributed by atoms with Crippen molar-refractivity contribution in [2.75, 3.05) is 6.61 Å². The predicted molar refractivity (Wildman–Crippen MR) is 152 cm³/mol. The smallest absolute Gasteiger partial charge is 0.219 e. The van der Waals surface area contributed by atoms with E-state index in [0.29, 0.717) is 29.4 Å². The summed E-state index contributed by atoms with van der Waals surface area (Å²) in [6, 6.07) is 14.7. The lowest BCUT2D eigenvalue weighted by atomic mass is 10.0. The van der Waals surface area contributed by atoms with Crippen LogP contribution in [0.5, 0.6) is 17.2 Å². The van der Waals surface area contributed by atoms with Gasteiger partial charge in [-0.2, -0.15) is 5.10 Å². The van der Waals surface area contributed by atoms with E-state index >= 15 is 0 Å². The Kier molecular flexibility index (Phi) is 7.01. The number of carbonyl (C=O) groups excluding carboxylic acids is 1. The van der Waals surface area contributed by atoms with Crippen molar-refractivity contribution in [1.29, 1.82) is 0 Å². The molecule has 4 heterocycles. The van der Waals surface area contributed by atoms with Crippen molar-refractivity contribution in [2.24, 2.45) is 0 Å². The number of ketones is 1. The van der Waals surface area contributed by atoms with Gasteiger partial charge in [-0.1, -0.05) is 12.1 Å². The van der Waals surface area contributed by atoms with Crippen molar-refractivity contribution >= 4 is 16.7 Å². The van der Waals surface area contributed by atoms with E-state index in [1.165, 1.54) is 24.3 Å². The molecule has 0 radical (unpaired) electrons. The van der Waals surface area contributed by atoms with Crippen LogP contribution in [0.15, 0.2) is 78.0 Å². The van der Waals surface area contributed by atoms with Crippen LogP contribution in [0, 0.1) is 5.82 Å². The molecule has 0 atom stereocenters. The van der Waals surface area contributed by atoms with E-state index in [1.807, 2.05) is 26.0 Å². The second-order valence-electron chi connectivity index (χ2n) is 10.2. The van der Waals surface area contributed by atoms with Crippen molar-refractivity contribution in [1.82, 2.24) is 19.7 Å². The zero-order valence-electron chi connectivity index (χ0n) is 22.6. The number of hydrogen-bond acceptors (Lipinski definition) is 7. The van der Waals surface area contributed by atoms with Crippen LogP contribution in [0.1, 0.15) is 48.1 Å². The highest BCUT2D eigenvalue weighted by atomic mass is 19.1. The highest BCUT2D eigenvalue weighted by molar-refractivity contribution is 5.96. The molecule has 0 saturated carbocycles. The van der Waals surface area contributed by atoms with Gasteiger partial charge < -0.3 is 9.47 Å². The van der Waals surface area contributed by atoms with Crippen molar-refractivity contribution in [3.8, 4) is 28.4 Å². The lowest BCUT2D eigenvalue weighted by molar-refractivity contribution is 0.0983. The van der Waals surface area contributed by atoms with Gasteiger partial charge in [-0.15, -0.1) is 0 Å². The van der Waals surface area contributed by atoms with Crippen molar-refractivity contribution in [3.63, 3.8) is 0 Å². The molecule has 5 aromatic rings. The molecule has 3 aromatic heterocycles. The van der Waals surface area contributed by atoms with E-state index in [1.54, 1.807) is 41.5 Å². The average molecular weight is 551 g/mol.